The summed E-state index contributed by atoms with van der Waals surface area (Å²) in [7, 11) is 1.46. The number of hydrogen-bond donors (Lipinski definition) is 1. The maximum Gasteiger partial charge on any atom is 0.343 e. The first-order valence-corrected chi connectivity index (χ1v) is 11.2. The van der Waals surface area contributed by atoms with Gasteiger partial charge in [0.1, 0.15) is 11.5 Å². The average Bonchev–Trinajstić information content (AvgIpc) is 2.86. The summed E-state index contributed by atoms with van der Waals surface area (Å²) in [6.45, 7) is 4.03. The van der Waals surface area contributed by atoms with Gasteiger partial charge in [-0.2, -0.15) is 5.10 Å². The highest BCUT2D eigenvalue weighted by molar-refractivity contribution is 6.30. The van der Waals surface area contributed by atoms with Crippen LogP contribution in [0.2, 0.25) is 5.02 Å². The number of nitrogens with one attached hydrogen (secondary N) is 1. The van der Waals surface area contributed by atoms with Gasteiger partial charge in [0.25, 0.3) is 5.91 Å². The molecule has 0 aromatic heterocycles. The summed E-state index contributed by atoms with van der Waals surface area (Å²) in [6.07, 6.45) is 0.667. The fourth-order valence-electron chi connectivity index (χ4n) is 2.89. The van der Waals surface area contributed by atoms with Gasteiger partial charge < -0.3 is 18.9 Å². The second kappa shape index (κ2) is 12.4. The molecule has 0 heterocycles. The molecule has 0 fully saturated rings. The van der Waals surface area contributed by atoms with Crippen molar-refractivity contribution in [3.8, 4) is 23.0 Å². The second-order valence-corrected chi connectivity index (χ2v) is 7.64. The Morgan fingerprint density at radius 3 is 2.34 bits per heavy atom. The zero-order valence-electron chi connectivity index (χ0n) is 19.5. The Kier molecular flexibility index (Phi) is 9.09. The van der Waals surface area contributed by atoms with Crippen LogP contribution >= 0.6 is 11.6 Å². The molecule has 0 bridgehead atoms. The van der Waals surface area contributed by atoms with Crippen molar-refractivity contribution in [3.63, 3.8) is 0 Å². The number of halogens is 1. The molecule has 35 heavy (non-hydrogen) atoms. The predicted molar refractivity (Wildman–Crippen MR) is 133 cm³/mol. The lowest BCUT2D eigenvalue weighted by Crippen LogP contribution is -2.33. The maximum absolute atomic E-state index is 12.5. The summed E-state index contributed by atoms with van der Waals surface area (Å²) in [5, 5.41) is 4.53. The van der Waals surface area contributed by atoms with E-state index in [9.17, 15) is 9.59 Å². The molecule has 1 atom stereocenters. The number of carbonyl (C=O) groups excluding carboxylic acids is 2. The van der Waals surface area contributed by atoms with Gasteiger partial charge in [0.2, 0.25) is 0 Å². The van der Waals surface area contributed by atoms with E-state index in [2.05, 4.69) is 10.5 Å². The Morgan fingerprint density at radius 1 is 1.00 bits per heavy atom. The molecule has 1 amide bonds. The Morgan fingerprint density at radius 2 is 1.69 bits per heavy atom. The Labute approximate surface area is 208 Å². The minimum atomic E-state index is -0.771. The van der Waals surface area contributed by atoms with Gasteiger partial charge >= 0.3 is 5.97 Å². The van der Waals surface area contributed by atoms with Crippen LogP contribution in [0.4, 0.5) is 0 Å². The highest BCUT2D eigenvalue weighted by Gasteiger charge is 2.15. The number of hydrogen-bond acceptors (Lipinski definition) is 7. The van der Waals surface area contributed by atoms with E-state index in [-0.39, 0.29) is 5.75 Å². The monoisotopic (exact) mass is 496 g/mol. The molecule has 3 rings (SSSR count). The van der Waals surface area contributed by atoms with E-state index in [0.29, 0.717) is 40.0 Å². The molecule has 0 saturated heterocycles. The molecule has 3 aromatic rings. The molecule has 0 aliphatic rings. The Hall–Kier alpha value is -4.04. The minimum absolute atomic E-state index is 0.248. The molecule has 8 nitrogen and oxygen atoms in total. The maximum atomic E-state index is 12.5. The third-order valence-corrected chi connectivity index (χ3v) is 4.93. The second-order valence-electron chi connectivity index (χ2n) is 7.21. The van der Waals surface area contributed by atoms with Crippen LogP contribution in [0, 0.1) is 0 Å². The van der Waals surface area contributed by atoms with E-state index in [1.807, 2.05) is 6.92 Å². The summed E-state index contributed by atoms with van der Waals surface area (Å²) < 4.78 is 21.7. The van der Waals surface area contributed by atoms with Crippen LogP contribution in [0.25, 0.3) is 0 Å². The molecule has 0 aliphatic carbocycles. The van der Waals surface area contributed by atoms with Gasteiger partial charge in [0.05, 0.1) is 25.5 Å². The van der Waals surface area contributed by atoms with Crippen molar-refractivity contribution in [3.05, 3.63) is 82.9 Å². The van der Waals surface area contributed by atoms with Crippen molar-refractivity contribution < 1.29 is 28.5 Å². The third kappa shape index (κ3) is 7.48. The SMILES string of the molecule is CCOc1ccc(C(=O)Oc2ccc(/C=N/NC(=O)C(C)Oc3ccc(Cl)cc3)cc2OC)cc1. The zero-order valence-corrected chi connectivity index (χ0v) is 20.2. The fourth-order valence-corrected chi connectivity index (χ4v) is 3.02. The highest BCUT2D eigenvalue weighted by Crippen LogP contribution is 2.28. The highest BCUT2D eigenvalue weighted by atomic mass is 35.5. The van der Waals surface area contributed by atoms with Gasteiger partial charge in [0.15, 0.2) is 17.6 Å². The van der Waals surface area contributed by atoms with Gasteiger partial charge in [-0.05, 0) is 86.1 Å². The molecule has 3 aromatic carbocycles. The van der Waals surface area contributed by atoms with Crippen LogP contribution in [0.1, 0.15) is 29.8 Å². The van der Waals surface area contributed by atoms with Crippen molar-refractivity contribution in [1.29, 1.82) is 0 Å². The summed E-state index contributed by atoms with van der Waals surface area (Å²) >= 11 is 5.84. The number of ether oxygens (including phenoxy) is 4. The van der Waals surface area contributed by atoms with Crippen molar-refractivity contribution in [1.82, 2.24) is 5.43 Å². The fraction of sp³-hybridized carbons (Fsp3) is 0.192. The molecule has 182 valence electrons. The molecule has 9 heteroatoms. The van der Waals surface area contributed by atoms with E-state index in [1.54, 1.807) is 73.7 Å². The lowest BCUT2D eigenvalue weighted by Gasteiger charge is -2.13. The smallest absolute Gasteiger partial charge is 0.343 e. The van der Waals surface area contributed by atoms with Gasteiger partial charge in [-0.25, -0.2) is 10.2 Å². The summed E-state index contributed by atoms with van der Waals surface area (Å²) in [5.41, 5.74) is 3.42. The van der Waals surface area contributed by atoms with Crippen LogP contribution < -0.4 is 24.4 Å². The van der Waals surface area contributed by atoms with Crippen molar-refractivity contribution in [2.24, 2.45) is 5.10 Å². The van der Waals surface area contributed by atoms with Gasteiger partial charge in [0, 0.05) is 5.02 Å². The number of hydrazone groups is 1. The topological polar surface area (TPSA) is 95.5 Å². The lowest BCUT2D eigenvalue weighted by molar-refractivity contribution is -0.127. The van der Waals surface area contributed by atoms with E-state index in [0.717, 1.165) is 0 Å². The van der Waals surface area contributed by atoms with Gasteiger partial charge in [-0.15, -0.1) is 0 Å². The number of benzene rings is 3. The average molecular weight is 497 g/mol. The summed E-state index contributed by atoms with van der Waals surface area (Å²) in [5.74, 6) is 0.805. The quantitative estimate of drug-likeness (QED) is 0.186. The van der Waals surface area contributed by atoms with Gasteiger partial charge in [-0.1, -0.05) is 11.6 Å². The van der Waals surface area contributed by atoms with E-state index >= 15 is 0 Å². The van der Waals surface area contributed by atoms with Crippen LogP contribution in [-0.4, -0.2) is 37.9 Å². The largest absolute Gasteiger partial charge is 0.494 e. The number of rotatable bonds is 10. The minimum Gasteiger partial charge on any atom is -0.494 e. The molecular weight excluding hydrogens is 472 g/mol. The normalized spacial score (nSPS) is 11.5. The molecule has 0 saturated carbocycles. The predicted octanol–water partition coefficient (Wildman–Crippen LogP) is 4.88. The van der Waals surface area contributed by atoms with E-state index in [1.165, 1.54) is 13.3 Å². The number of nitrogens with zero attached hydrogens (tertiary/aromatic N) is 1. The van der Waals surface area contributed by atoms with Crippen molar-refractivity contribution >= 4 is 29.7 Å². The standard InChI is InChI=1S/C26H25ClN2O6/c1-4-33-21-10-6-19(7-11-21)26(31)35-23-14-5-18(15-24(23)32-3)16-28-29-25(30)17(2)34-22-12-8-20(27)9-13-22/h5-17H,4H2,1-3H3,(H,29,30)/b28-16+. The molecule has 0 aliphatic heterocycles. The zero-order chi connectivity index (χ0) is 25.2. The van der Waals surface area contributed by atoms with Crippen LogP contribution in [-0.2, 0) is 4.79 Å². The Bertz CT molecular complexity index is 1180. The van der Waals surface area contributed by atoms with Crippen molar-refractivity contribution in [2.45, 2.75) is 20.0 Å². The Balaban J connectivity index is 1.58. The first kappa shape index (κ1) is 25.6. The number of esters is 1. The van der Waals surface area contributed by atoms with E-state index in [4.69, 9.17) is 30.5 Å². The molecule has 1 unspecified atom stereocenters. The first-order chi connectivity index (χ1) is 16.9. The van der Waals surface area contributed by atoms with Crippen molar-refractivity contribution in [2.75, 3.05) is 13.7 Å². The molecule has 0 radical (unpaired) electrons. The molecule has 0 spiro atoms. The number of carbonyl (C=O) groups is 2. The van der Waals surface area contributed by atoms with Crippen LogP contribution in [0.15, 0.2) is 71.8 Å². The number of amides is 1. The first-order valence-electron chi connectivity index (χ1n) is 10.8. The van der Waals surface area contributed by atoms with Crippen LogP contribution in [0.3, 0.4) is 0 Å². The van der Waals surface area contributed by atoms with E-state index < -0.39 is 18.0 Å². The van der Waals surface area contributed by atoms with Gasteiger partial charge in [-0.3, -0.25) is 4.79 Å². The number of methoxy groups -OCH3 is 1. The van der Waals surface area contributed by atoms with Crippen LogP contribution in [0.5, 0.6) is 23.0 Å². The molecule has 1 N–H and O–H groups in total. The summed E-state index contributed by atoms with van der Waals surface area (Å²) in [6, 6.07) is 18.2. The molecular formula is C26H25ClN2O6. The third-order valence-electron chi connectivity index (χ3n) is 4.68. The lowest BCUT2D eigenvalue weighted by atomic mass is 10.2. The summed E-state index contributed by atoms with van der Waals surface area (Å²) in [4.78, 5) is 24.7.